The fourth-order valence-corrected chi connectivity index (χ4v) is 12.9. The molecule has 2 unspecified atom stereocenters. The van der Waals surface area contributed by atoms with Crippen LogP contribution in [0.15, 0.2) is 0 Å². The Morgan fingerprint density at radius 1 is 0.844 bits per heavy atom. The number of esters is 3. The van der Waals surface area contributed by atoms with Crippen molar-refractivity contribution >= 4 is 23.7 Å². The molecular formula is C36H54O9. The summed E-state index contributed by atoms with van der Waals surface area (Å²) < 4.78 is 25.6. The minimum Gasteiger partial charge on any atom is -0.462 e. The van der Waals surface area contributed by atoms with Crippen LogP contribution in [-0.4, -0.2) is 64.4 Å². The molecule has 0 aromatic heterocycles. The average Bonchev–Trinajstić information content (AvgIpc) is 3.27. The first kappa shape index (κ1) is 32.9. The molecule has 12 atom stereocenters. The van der Waals surface area contributed by atoms with E-state index in [1.807, 2.05) is 13.8 Å². The van der Waals surface area contributed by atoms with Crippen molar-refractivity contribution in [3.05, 3.63) is 0 Å². The van der Waals surface area contributed by atoms with E-state index in [2.05, 4.69) is 20.8 Å². The van der Waals surface area contributed by atoms with Gasteiger partial charge in [0.25, 0.3) is 0 Å². The predicted molar refractivity (Wildman–Crippen MR) is 164 cm³/mol. The van der Waals surface area contributed by atoms with Crippen LogP contribution < -0.4 is 0 Å². The normalized spacial score (nSPS) is 49.6. The Bertz CT molecular complexity index is 1320. The molecule has 0 aromatic carbocycles. The topological polar surface area (TPSA) is 125 Å². The standard InChI is InChI=1S/C36H54O9/c1-19(37)42-22-15-24-32(8)16-23(43-20(2)38)29(34(10)13-12-26(45-34)31(6,7)41)33(32,9)17-27(44-21(3)39)36(24)18-35(36)14-11-25(40)30(4,5)28(22)35/h22-24,26-29,41H,11-18H2,1-10H3/t22-,23-,24?,26+,27+,28?,29-,32-,33+,34-,35+,36-/m0/s1. The predicted octanol–water partition coefficient (Wildman–Crippen LogP) is 5.33. The van der Waals surface area contributed by atoms with Crippen LogP contribution >= 0.6 is 0 Å². The molecule has 0 amide bonds. The molecule has 2 spiro atoms. The van der Waals surface area contributed by atoms with Crippen LogP contribution in [0.3, 0.4) is 0 Å². The van der Waals surface area contributed by atoms with Gasteiger partial charge in [-0.2, -0.15) is 0 Å². The zero-order valence-corrected chi connectivity index (χ0v) is 28.9. The van der Waals surface area contributed by atoms with E-state index in [9.17, 15) is 24.3 Å². The molecule has 9 heteroatoms. The Morgan fingerprint density at radius 3 is 2.00 bits per heavy atom. The number of rotatable bonds is 5. The Balaban J connectivity index is 1.52. The van der Waals surface area contributed by atoms with Gasteiger partial charge in [-0.3, -0.25) is 19.2 Å². The zero-order valence-electron chi connectivity index (χ0n) is 28.9. The lowest BCUT2D eigenvalue weighted by Crippen LogP contribution is -2.66. The van der Waals surface area contributed by atoms with Gasteiger partial charge in [0.1, 0.15) is 24.1 Å². The Labute approximate surface area is 267 Å². The summed E-state index contributed by atoms with van der Waals surface area (Å²) >= 11 is 0. The molecule has 6 fully saturated rings. The van der Waals surface area contributed by atoms with Crippen LogP contribution in [0.1, 0.15) is 121 Å². The molecule has 0 bridgehead atoms. The lowest BCUT2D eigenvalue weighted by Gasteiger charge is -2.65. The summed E-state index contributed by atoms with van der Waals surface area (Å²) in [5.41, 5.74) is -4.01. The van der Waals surface area contributed by atoms with Crippen molar-refractivity contribution < 1.29 is 43.2 Å². The number of ketones is 1. The van der Waals surface area contributed by atoms with Crippen LogP contribution in [0.5, 0.6) is 0 Å². The van der Waals surface area contributed by atoms with Crippen LogP contribution in [0.25, 0.3) is 0 Å². The van der Waals surface area contributed by atoms with E-state index >= 15 is 0 Å². The highest BCUT2D eigenvalue weighted by Gasteiger charge is 2.89. The zero-order chi connectivity index (χ0) is 33.3. The maximum atomic E-state index is 13.4. The van der Waals surface area contributed by atoms with Crippen LogP contribution in [-0.2, 0) is 38.1 Å². The largest absolute Gasteiger partial charge is 0.462 e. The fourth-order valence-electron chi connectivity index (χ4n) is 12.9. The minimum atomic E-state index is -1.03. The fraction of sp³-hybridized carbons (Fsp3) is 0.889. The van der Waals surface area contributed by atoms with E-state index in [4.69, 9.17) is 18.9 Å². The number of aliphatic hydroxyl groups is 1. The summed E-state index contributed by atoms with van der Waals surface area (Å²) in [5.74, 6) is -1.27. The Kier molecular flexibility index (Phi) is 7.15. The van der Waals surface area contributed by atoms with E-state index in [1.165, 1.54) is 20.8 Å². The second-order valence-corrected chi connectivity index (χ2v) is 17.5. The van der Waals surface area contributed by atoms with Crippen molar-refractivity contribution in [3.8, 4) is 0 Å². The number of hydrogen-bond acceptors (Lipinski definition) is 9. The molecule has 1 aliphatic heterocycles. The van der Waals surface area contributed by atoms with Gasteiger partial charge in [-0.05, 0) is 87.9 Å². The van der Waals surface area contributed by atoms with Crippen LogP contribution in [0, 0.1) is 44.8 Å². The highest BCUT2D eigenvalue weighted by atomic mass is 16.6. The first-order chi connectivity index (χ1) is 20.6. The SMILES string of the molecule is CC(=O)O[C@H]1CC2[C@]3(C)C[C@H](OC(C)=O)[C@H]([C@]4(C)CC[C@H](C(C)(C)O)O4)[C@@]3(C)C[C@@H](OC(C)=O)[C@]23C[C@@]32CCC(=O)C(C)(C)C12. The second-order valence-electron chi connectivity index (χ2n) is 17.5. The summed E-state index contributed by atoms with van der Waals surface area (Å²) in [4.78, 5) is 51.6. The summed E-state index contributed by atoms with van der Waals surface area (Å²) in [7, 11) is 0. The lowest BCUT2D eigenvalue weighted by atomic mass is 9.40. The molecule has 0 radical (unpaired) electrons. The second kappa shape index (κ2) is 9.77. The van der Waals surface area contributed by atoms with Crippen molar-refractivity contribution in [3.63, 3.8) is 0 Å². The average molecular weight is 631 g/mol. The van der Waals surface area contributed by atoms with Gasteiger partial charge in [0, 0.05) is 49.9 Å². The molecule has 1 saturated heterocycles. The van der Waals surface area contributed by atoms with Gasteiger partial charge in [-0.25, -0.2) is 0 Å². The van der Waals surface area contributed by atoms with Gasteiger partial charge in [0.05, 0.1) is 17.3 Å². The highest BCUT2D eigenvalue weighted by Crippen LogP contribution is 2.89. The third kappa shape index (κ3) is 4.30. The molecular weight excluding hydrogens is 576 g/mol. The Hall–Kier alpha value is -2.00. The molecule has 6 rings (SSSR count). The van der Waals surface area contributed by atoms with Crippen molar-refractivity contribution in [2.75, 3.05) is 0 Å². The van der Waals surface area contributed by atoms with Gasteiger partial charge >= 0.3 is 17.9 Å². The molecule has 0 aromatic rings. The molecule has 6 aliphatic rings. The Morgan fingerprint density at radius 2 is 1.44 bits per heavy atom. The lowest BCUT2D eigenvalue weighted by molar-refractivity contribution is -0.239. The highest BCUT2D eigenvalue weighted by molar-refractivity contribution is 5.86. The maximum absolute atomic E-state index is 13.4. The number of carbonyl (C=O) groups excluding carboxylic acids is 4. The minimum absolute atomic E-state index is 0.0177. The number of carbonyl (C=O) groups is 4. The van der Waals surface area contributed by atoms with Crippen LogP contribution in [0.2, 0.25) is 0 Å². The summed E-state index contributed by atoms with van der Waals surface area (Å²) in [5, 5.41) is 10.9. The van der Waals surface area contributed by atoms with E-state index in [-0.39, 0.29) is 58.4 Å². The molecule has 252 valence electrons. The first-order valence-electron chi connectivity index (χ1n) is 17.0. The maximum Gasteiger partial charge on any atom is 0.302 e. The van der Waals surface area contributed by atoms with E-state index < -0.39 is 45.8 Å². The summed E-state index contributed by atoms with van der Waals surface area (Å²) in [6.45, 7) is 18.5. The molecule has 5 saturated carbocycles. The van der Waals surface area contributed by atoms with E-state index in [0.29, 0.717) is 44.9 Å². The van der Waals surface area contributed by atoms with Gasteiger partial charge in [0.2, 0.25) is 0 Å². The molecule has 1 heterocycles. The van der Waals surface area contributed by atoms with Crippen molar-refractivity contribution in [2.45, 2.75) is 156 Å². The quantitative estimate of drug-likeness (QED) is 0.317. The number of fused-ring (bicyclic) bond motifs is 2. The van der Waals surface area contributed by atoms with E-state index in [0.717, 1.165) is 6.42 Å². The van der Waals surface area contributed by atoms with Crippen molar-refractivity contribution in [2.24, 2.45) is 44.8 Å². The van der Waals surface area contributed by atoms with Gasteiger partial charge in [-0.15, -0.1) is 0 Å². The molecule has 9 nitrogen and oxygen atoms in total. The third-order valence-corrected chi connectivity index (χ3v) is 14.4. The number of hydrogen-bond donors (Lipinski definition) is 1. The van der Waals surface area contributed by atoms with Gasteiger partial charge in [0.15, 0.2) is 0 Å². The van der Waals surface area contributed by atoms with Crippen LogP contribution in [0.4, 0.5) is 0 Å². The summed E-state index contributed by atoms with van der Waals surface area (Å²) in [6.07, 6.45) is 3.39. The van der Waals surface area contributed by atoms with E-state index in [1.54, 1.807) is 13.8 Å². The monoisotopic (exact) mass is 630 g/mol. The molecule has 5 aliphatic carbocycles. The smallest absolute Gasteiger partial charge is 0.302 e. The number of Topliss-reactive ketones (excluding diaryl/α,β-unsaturated/α-hetero) is 1. The molecule has 1 N–H and O–H groups in total. The van der Waals surface area contributed by atoms with Gasteiger partial charge < -0.3 is 24.1 Å². The molecule has 45 heavy (non-hydrogen) atoms. The van der Waals surface area contributed by atoms with Crippen molar-refractivity contribution in [1.82, 2.24) is 0 Å². The summed E-state index contributed by atoms with van der Waals surface area (Å²) in [6, 6.07) is 0. The number of ether oxygens (including phenoxy) is 4. The third-order valence-electron chi connectivity index (χ3n) is 14.4. The van der Waals surface area contributed by atoms with Gasteiger partial charge in [-0.1, -0.05) is 27.7 Å². The first-order valence-corrected chi connectivity index (χ1v) is 17.0. The van der Waals surface area contributed by atoms with Crippen molar-refractivity contribution in [1.29, 1.82) is 0 Å².